The van der Waals surface area contributed by atoms with E-state index in [-0.39, 0.29) is 5.92 Å². The van der Waals surface area contributed by atoms with Gasteiger partial charge in [0.1, 0.15) is 5.75 Å². The van der Waals surface area contributed by atoms with Crippen molar-refractivity contribution in [2.45, 2.75) is 37.9 Å². The van der Waals surface area contributed by atoms with E-state index in [9.17, 15) is 26.0 Å². The van der Waals surface area contributed by atoms with Crippen LogP contribution in [0.2, 0.25) is 0 Å². The maximum Gasteiger partial charge on any atom is 0.439 e. The topological polar surface area (TPSA) is 43.4 Å². The van der Waals surface area contributed by atoms with Crippen LogP contribution in [0.25, 0.3) is 0 Å². The van der Waals surface area contributed by atoms with Gasteiger partial charge in [-0.05, 0) is 30.0 Å². The first-order valence-electron chi connectivity index (χ1n) is 5.81. The van der Waals surface area contributed by atoms with E-state index in [4.69, 9.17) is 0 Å². The Morgan fingerprint density at radius 3 is 2.10 bits per heavy atom. The van der Waals surface area contributed by atoms with Crippen LogP contribution in [0.4, 0.5) is 17.6 Å². The second kappa shape index (κ2) is 5.99. The number of hydrogen-bond acceptors (Lipinski definition) is 3. The molecule has 0 N–H and O–H groups in total. The molecule has 0 spiro atoms. The zero-order valence-corrected chi connectivity index (χ0v) is 11.6. The van der Waals surface area contributed by atoms with Gasteiger partial charge in [0.15, 0.2) is 0 Å². The number of benzene rings is 1. The summed E-state index contributed by atoms with van der Waals surface area (Å²) in [6.07, 6.45) is -3.52. The summed E-state index contributed by atoms with van der Waals surface area (Å²) in [4.78, 5) is 0. The predicted octanol–water partition coefficient (Wildman–Crippen LogP) is 3.77. The monoisotopic (exact) mass is 314 g/mol. The fraction of sp³-hybridized carbons (Fsp3) is 0.500. The minimum Gasteiger partial charge on any atom is -0.378 e. The van der Waals surface area contributed by atoms with E-state index in [1.807, 2.05) is 13.8 Å². The number of halogens is 4. The largest absolute Gasteiger partial charge is 0.439 e. The Morgan fingerprint density at radius 2 is 1.70 bits per heavy atom. The van der Waals surface area contributed by atoms with Crippen LogP contribution in [0.5, 0.6) is 5.75 Å². The molecule has 0 fully saturated rings. The van der Waals surface area contributed by atoms with Crippen molar-refractivity contribution in [1.29, 1.82) is 0 Å². The summed E-state index contributed by atoms with van der Waals surface area (Å²) < 4.78 is 75.9. The third-order valence-electron chi connectivity index (χ3n) is 2.85. The van der Waals surface area contributed by atoms with Crippen molar-refractivity contribution in [2.24, 2.45) is 0 Å². The van der Waals surface area contributed by atoms with Gasteiger partial charge in [-0.15, -0.1) is 0 Å². The van der Waals surface area contributed by atoms with Crippen molar-refractivity contribution < 1.29 is 30.2 Å². The predicted molar refractivity (Wildman–Crippen MR) is 65.6 cm³/mol. The number of hydrogen-bond donors (Lipinski definition) is 0. The summed E-state index contributed by atoms with van der Waals surface area (Å²) in [5, 5.41) is -5.25. The van der Waals surface area contributed by atoms with Crippen molar-refractivity contribution in [1.82, 2.24) is 0 Å². The lowest BCUT2D eigenvalue weighted by molar-refractivity contribution is -0.0680. The van der Waals surface area contributed by atoms with Crippen LogP contribution in [0.3, 0.4) is 0 Å². The summed E-state index contributed by atoms with van der Waals surface area (Å²) in [5.41, 5.74) is 0.859. The normalized spacial score (nSPS) is 14.3. The van der Waals surface area contributed by atoms with Gasteiger partial charge in [-0.25, -0.2) is 8.78 Å². The lowest BCUT2D eigenvalue weighted by Gasteiger charge is -2.16. The van der Waals surface area contributed by atoms with E-state index in [0.29, 0.717) is 0 Å². The van der Waals surface area contributed by atoms with E-state index in [1.54, 1.807) is 0 Å². The average Bonchev–Trinajstić information content (AvgIpc) is 2.37. The molecule has 0 heterocycles. The highest BCUT2D eigenvalue weighted by atomic mass is 32.2. The quantitative estimate of drug-likeness (QED) is 0.593. The molecule has 0 radical (unpaired) electrons. The molecule has 0 saturated carbocycles. The lowest BCUT2D eigenvalue weighted by Crippen LogP contribution is -2.39. The Kier molecular flexibility index (Phi) is 5.01. The Labute approximate surface area is 114 Å². The fourth-order valence-corrected chi connectivity index (χ4v) is 2.07. The highest BCUT2D eigenvalue weighted by Gasteiger charge is 2.56. The third-order valence-corrected chi connectivity index (χ3v) is 4.11. The number of alkyl halides is 4. The summed E-state index contributed by atoms with van der Waals surface area (Å²) in [5.74, 6) is -0.236. The van der Waals surface area contributed by atoms with E-state index in [2.05, 4.69) is 4.18 Å². The van der Waals surface area contributed by atoms with Crippen LogP contribution in [-0.4, -0.2) is 20.1 Å². The Hall–Kier alpha value is -1.31. The molecule has 1 rings (SSSR count). The molecule has 1 atom stereocenters. The van der Waals surface area contributed by atoms with E-state index in [0.717, 1.165) is 24.1 Å². The van der Waals surface area contributed by atoms with Gasteiger partial charge in [-0.2, -0.15) is 17.2 Å². The zero-order valence-electron chi connectivity index (χ0n) is 10.8. The maximum absolute atomic E-state index is 12.8. The second-order valence-electron chi connectivity index (χ2n) is 4.28. The molecular weight excluding hydrogens is 300 g/mol. The van der Waals surface area contributed by atoms with Crippen LogP contribution in [0, 0.1) is 0 Å². The molecule has 1 aromatic rings. The van der Waals surface area contributed by atoms with Crippen molar-refractivity contribution in [2.75, 3.05) is 0 Å². The highest BCUT2D eigenvalue weighted by molar-refractivity contribution is 7.88. The molecule has 0 aromatic heterocycles. The molecular formula is C12H14F4O3S. The molecule has 0 amide bonds. The van der Waals surface area contributed by atoms with Gasteiger partial charge in [0.25, 0.3) is 0 Å². The molecule has 1 aromatic carbocycles. The molecule has 0 aliphatic rings. The molecule has 20 heavy (non-hydrogen) atoms. The molecule has 0 aliphatic heterocycles. The van der Waals surface area contributed by atoms with Crippen LogP contribution in [-0.2, 0) is 10.1 Å². The molecule has 8 heteroatoms. The molecule has 114 valence electrons. The molecule has 3 nitrogen and oxygen atoms in total. The summed E-state index contributed by atoms with van der Waals surface area (Å²) >= 11 is 0. The Balaban J connectivity index is 2.94. The van der Waals surface area contributed by atoms with E-state index >= 15 is 0 Å². The van der Waals surface area contributed by atoms with Crippen LogP contribution in [0.1, 0.15) is 31.7 Å². The summed E-state index contributed by atoms with van der Waals surface area (Å²) in [6.45, 7) is 3.88. The first-order chi connectivity index (χ1) is 9.11. The van der Waals surface area contributed by atoms with Crippen molar-refractivity contribution in [3.05, 3.63) is 29.8 Å². The van der Waals surface area contributed by atoms with Gasteiger partial charge >= 0.3 is 21.8 Å². The summed E-state index contributed by atoms with van der Waals surface area (Å²) in [6, 6.07) is 5.31. The first-order valence-corrected chi connectivity index (χ1v) is 7.22. The van der Waals surface area contributed by atoms with Crippen molar-refractivity contribution in [3.63, 3.8) is 0 Å². The molecule has 0 saturated heterocycles. The molecule has 0 aliphatic carbocycles. The zero-order chi connectivity index (χ0) is 15.6. The maximum atomic E-state index is 12.8. The van der Waals surface area contributed by atoms with Gasteiger partial charge in [0, 0.05) is 0 Å². The van der Waals surface area contributed by atoms with Gasteiger partial charge in [0.05, 0.1) is 0 Å². The fourth-order valence-electron chi connectivity index (χ4n) is 1.38. The minimum atomic E-state index is -5.73. The average molecular weight is 314 g/mol. The second-order valence-corrected chi connectivity index (χ2v) is 5.90. The van der Waals surface area contributed by atoms with Crippen LogP contribution >= 0.6 is 0 Å². The van der Waals surface area contributed by atoms with E-state index < -0.39 is 27.5 Å². The van der Waals surface area contributed by atoms with Gasteiger partial charge in [-0.3, -0.25) is 0 Å². The molecule has 0 bridgehead atoms. The lowest BCUT2D eigenvalue weighted by atomic mass is 9.99. The van der Waals surface area contributed by atoms with Gasteiger partial charge in [-0.1, -0.05) is 26.0 Å². The Morgan fingerprint density at radius 1 is 1.20 bits per heavy atom. The highest BCUT2D eigenvalue weighted by Crippen LogP contribution is 2.32. The van der Waals surface area contributed by atoms with Gasteiger partial charge < -0.3 is 4.18 Å². The number of rotatable bonds is 6. The first kappa shape index (κ1) is 16.7. The van der Waals surface area contributed by atoms with Crippen molar-refractivity contribution >= 4 is 10.1 Å². The van der Waals surface area contributed by atoms with E-state index in [1.165, 1.54) is 12.1 Å². The van der Waals surface area contributed by atoms with Crippen molar-refractivity contribution in [3.8, 4) is 5.75 Å². The third kappa shape index (κ3) is 3.41. The standard InChI is InChI=1S/C12H14F4O3S/c1-3-8(2)9-4-6-10(7-5-9)19-20(17,18)12(15,16)11(13)14/h4-8,11H,3H2,1-2H3. The van der Waals surface area contributed by atoms with Crippen LogP contribution in [0.15, 0.2) is 24.3 Å². The minimum absolute atomic E-state index is 0.197. The SMILES string of the molecule is CCC(C)c1ccc(OS(=O)(=O)C(F)(F)C(F)F)cc1. The summed E-state index contributed by atoms with van der Waals surface area (Å²) in [7, 11) is -5.73. The van der Waals surface area contributed by atoms with Crippen LogP contribution < -0.4 is 4.18 Å². The molecule has 1 unspecified atom stereocenters. The Bertz CT molecular complexity index is 540. The smallest absolute Gasteiger partial charge is 0.378 e. The van der Waals surface area contributed by atoms with Gasteiger partial charge in [0.2, 0.25) is 0 Å².